The molecule has 2 aliphatic heterocycles. The molecule has 5 nitrogen and oxygen atoms in total. The molecular formula is C25H21N3O2S. The van der Waals surface area contributed by atoms with E-state index in [2.05, 4.69) is 63.4 Å². The Hall–Kier alpha value is -3.25. The number of hydrogen-bond donors (Lipinski definition) is 0. The number of fused-ring (bicyclic) bond motifs is 3. The van der Waals surface area contributed by atoms with E-state index in [9.17, 15) is 0 Å². The summed E-state index contributed by atoms with van der Waals surface area (Å²) in [7, 11) is 0. The van der Waals surface area contributed by atoms with Crippen LogP contribution in [0.15, 0.2) is 78.0 Å². The van der Waals surface area contributed by atoms with Gasteiger partial charge in [0.05, 0.1) is 16.7 Å². The number of nitrogens with zero attached hydrogens (tertiary/aromatic N) is 3. The third kappa shape index (κ3) is 3.47. The molecule has 31 heavy (non-hydrogen) atoms. The van der Waals surface area contributed by atoms with E-state index in [0.29, 0.717) is 12.0 Å². The molecule has 6 heteroatoms. The Labute approximate surface area is 185 Å². The maximum atomic E-state index is 5.62. The second kappa shape index (κ2) is 7.78. The first-order valence-electron chi connectivity index (χ1n) is 10.4. The predicted molar refractivity (Wildman–Crippen MR) is 123 cm³/mol. The van der Waals surface area contributed by atoms with Gasteiger partial charge in [-0.2, -0.15) is 0 Å². The molecular weight excluding hydrogens is 406 g/mol. The van der Waals surface area contributed by atoms with Crippen molar-refractivity contribution >= 4 is 28.5 Å². The largest absolute Gasteiger partial charge is 0.454 e. The number of anilines is 1. The van der Waals surface area contributed by atoms with E-state index in [1.807, 2.05) is 23.9 Å². The third-order valence-electron chi connectivity index (χ3n) is 5.85. The Morgan fingerprint density at radius 3 is 2.84 bits per heavy atom. The van der Waals surface area contributed by atoms with Crippen molar-refractivity contribution < 1.29 is 9.47 Å². The van der Waals surface area contributed by atoms with Gasteiger partial charge in [-0.15, -0.1) is 11.8 Å². The maximum Gasteiger partial charge on any atom is 0.231 e. The van der Waals surface area contributed by atoms with Crippen LogP contribution in [0.25, 0.3) is 11.0 Å². The van der Waals surface area contributed by atoms with Crippen molar-refractivity contribution in [3.63, 3.8) is 0 Å². The summed E-state index contributed by atoms with van der Waals surface area (Å²) in [4.78, 5) is 12.8. The molecule has 0 N–H and O–H groups in total. The van der Waals surface area contributed by atoms with E-state index < -0.39 is 0 Å². The van der Waals surface area contributed by atoms with Crippen molar-refractivity contribution in [1.29, 1.82) is 0 Å². The van der Waals surface area contributed by atoms with Crippen LogP contribution in [-0.4, -0.2) is 23.3 Å². The molecule has 4 aromatic rings. The van der Waals surface area contributed by atoms with Crippen molar-refractivity contribution in [3.05, 3.63) is 84.2 Å². The normalized spacial score (nSPS) is 17.4. The van der Waals surface area contributed by atoms with E-state index in [0.717, 1.165) is 42.0 Å². The number of ether oxygens (including phenoxy) is 2. The summed E-state index contributed by atoms with van der Waals surface area (Å²) in [5.41, 5.74) is 5.67. The lowest BCUT2D eigenvalue weighted by Gasteiger charge is -2.25. The first kappa shape index (κ1) is 18.5. The minimum atomic E-state index is 0.307. The molecule has 154 valence electrons. The summed E-state index contributed by atoms with van der Waals surface area (Å²) in [6, 6.07) is 21.3. The quantitative estimate of drug-likeness (QED) is 0.424. The van der Waals surface area contributed by atoms with Crippen LogP contribution in [0.1, 0.15) is 22.8 Å². The van der Waals surface area contributed by atoms with Crippen LogP contribution in [0.4, 0.5) is 5.69 Å². The fourth-order valence-electron chi connectivity index (χ4n) is 4.32. The van der Waals surface area contributed by atoms with Crippen LogP contribution in [0.3, 0.4) is 0 Å². The van der Waals surface area contributed by atoms with Crippen LogP contribution in [-0.2, 0) is 6.54 Å². The molecule has 0 bridgehead atoms. The number of aromatic nitrogens is 2. The van der Waals surface area contributed by atoms with E-state index in [-0.39, 0.29) is 0 Å². The summed E-state index contributed by atoms with van der Waals surface area (Å²) in [6.45, 7) is 2.07. The minimum absolute atomic E-state index is 0.307. The molecule has 2 aliphatic rings. The summed E-state index contributed by atoms with van der Waals surface area (Å²) >= 11 is 1.93. The van der Waals surface area contributed by atoms with Crippen LogP contribution in [0.5, 0.6) is 11.5 Å². The van der Waals surface area contributed by atoms with Crippen molar-refractivity contribution in [2.45, 2.75) is 23.1 Å². The SMILES string of the molecule is c1ccc2c(c1)S[C@H](c1ccc3c(c1)OCO3)CCN2Cc1cccc2nccnc12. The van der Waals surface area contributed by atoms with E-state index >= 15 is 0 Å². The molecule has 0 amide bonds. The first-order valence-corrected chi connectivity index (χ1v) is 11.3. The molecule has 0 saturated carbocycles. The van der Waals surface area contributed by atoms with Crippen molar-refractivity contribution in [1.82, 2.24) is 9.97 Å². The monoisotopic (exact) mass is 427 g/mol. The Bertz CT molecular complexity index is 1260. The van der Waals surface area contributed by atoms with E-state index in [1.54, 1.807) is 12.4 Å². The van der Waals surface area contributed by atoms with Gasteiger partial charge in [0.25, 0.3) is 0 Å². The van der Waals surface area contributed by atoms with Gasteiger partial charge in [0, 0.05) is 35.6 Å². The lowest BCUT2D eigenvalue weighted by Crippen LogP contribution is -2.24. The Balaban J connectivity index is 1.33. The fraction of sp³-hybridized carbons (Fsp3) is 0.200. The lowest BCUT2D eigenvalue weighted by atomic mass is 10.1. The smallest absolute Gasteiger partial charge is 0.231 e. The summed E-state index contributed by atoms with van der Waals surface area (Å²) in [5.74, 6) is 1.68. The molecule has 0 radical (unpaired) electrons. The Morgan fingerprint density at radius 2 is 1.84 bits per heavy atom. The number of thioether (sulfide) groups is 1. The van der Waals surface area contributed by atoms with Gasteiger partial charge in [0.2, 0.25) is 6.79 Å². The predicted octanol–water partition coefficient (Wildman–Crippen LogP) is 5.60. The van der Waals surface area contributed by atoms with Crippen LogP contribution < -0.4 is 14.4 Å². The van der Waals surface area contributed by atoms with Crippen molar-refractivity contribution in [3.8, 4) is 11.5 Å². The van der Waals surface area contributed by atoms with Crippen LogP contribution >= 0.6 is 11.8 Å². The summed E-state index contributed by atoms with van der Waals surface area (Å²) in [5, 5.41) is 0.355. The second-order valence-electron chi connectivity index (χ2n) is 7.74. The lowest BCUT2D eigenvalue weighted by molar-refractivity contribution is 0.174. The van der Waals surface area contributed by atoms with E-state index in [1.165, 1.54) is 21.7 Å². The van der Waals surface area contributed by atoms with Gasteiger partial charge in [-0.1, -0.05) is 30.3 Å². The molecule has 0 saturated heterocycles. The number of rotatable bonds is 3. The standard InChI is InChI=1S/C25H21N3O2S/c1-2-7-24-20(6-1)28(15-18-4-3-5-19-25(18)27-12-11-26-19)13-10-23(31-24)17-8-9-21-22(14-17)30-16-29-21/h1-9,11-12,14,23H,10,13,15-16H2/t23-/m0/s1. The molecule has 0 unspecified atom stereocenters. The zero-order valence-electron chi connectivity index (χ0n) is 16.9. The second-order valence-corrected chi connectivity index (χ2v) is 8.98. The highest BCUT2D eigenvalue weighted by Gasteiger charge is 2.25. The number of benzene rings is 3. The van der Waals surface area contributed by atoms with Crippen LogP contribution in [0.2, 0.25) is 0 Å². The number of para-hydroxylation sites is 2. The molecule has 0 fully saturated rings. The molecule has 6 rings (SSSR count). The third-order valence-corrected chi connectivity index (χ3v) is 7.24. The molecule has 1 atom stereocenters. The summed E-state index contributed by atoms with van der Waals surface area (Å²) in [6.07, 6.45) is 4.56. The molecule has 0 spiro atoms. The highest BCUT2D eigenvalue weighted by Crippen LogP contribution is 2.47. The Morgan fingerprint density at radius 1 is 0.935 bits per heavy atom. The molecule has 3 aromatic carbocycles. The topological polar surface area (TPSA) is 47.5 Å². The zero-order chi connectivity index (χ0) is 20.6. The minimum Gasteiger partial charge on any atom is -0.454 e. The molecule has 3 heterocycles. The maximum absolute atomic E-state index is 5.62. The Kier molecular flexibility index (Phi) is 4.65. The van der Waals surface area contributed by atoms with Crippen molar-refractivity contribution in [2.24, 2.45) is 0 Å². The van der Waals surface area contributed by atoms with Crippen molar-refractivity contribution in [2.75, 3.05) is 18.2 Å². The average Bonchev–Trinajstić information content (AvgIpc) is 3.21. The first-order chi connectivity index (χ1) is 15.3. The summed E-state index contributed by atoms with van der Waals surface area (Å²) < 4.78 is 11.1. The van der Waals surface area contributed by atoms with Gasteiger partial charge in [-0.25, -0.2) is 0 Å². The van der Waals surface area contributed by atoms with Gasteiger partial charge in [-0.3, -0.25) is 9.97 Å². The van der Waals surface area contributed by atoms with Gasteiger partial charge >= 0.3 is 0 Å². The highest BCUT2D eigenvalue weighted by atomic mass is 32.2. The molecule has 0 aliphatic carbocycles. The van der Waals surface area contributed by atoms with Gasteiger partial charge < -0.3 is 14.4 Å². The van der Waals surface area contributed by atoms with E-state index in [4.69, 9.17) is 9.47 Å². The average molecular weight is 428 g/mol. The fourth-order valence-corrected chi connectivity index (χ4v) is 5.61. The highest BCUT2D eigenvalue weighted by molar-refractivity contribution is 7.99. The number of hydrogen-bond acceptors (Lipinski definition) is 6. The van der Waals surface area contributed by atoms with Gasteiger partial charge in [0.1, 0.15) is 0 Å². The van der Waals surface area contributed by atoms with Gasteiger partial charge in [0.15, 0.2) is 11.5 Å². The zero-order valence-corrected chi connectivity index (χ0v) is 17.7. The van der Waals surface area contributed by atoms with Crippen LogP contribution in [0, 0.1) is 0 Å². The van der Waals surface area contributed by atoms with Gasteiger partial charge in [-0.05, 0) is 47.9 Å². The molecule has 1 aromatic heterocycles.